The van der Waals surface area contributed by atoms with Crippen molar-refractivity contribution >= 4 is 34.2 Å². The van der Waals surface area contributed by atoms with Gasteiger partial charge in [-0.3, -0.25) is 14.6 Å². The van der Waals surface area contributed by atoms with Crippen LogP contribution in [0.1, 0.15) is 32.0 Å². The summed E-state index contributed by atoms with van der Waals surface area (Å²) in [6.45, 7) is 1.76. The molecule has 3 aromatic carbocycles. The first-order valence-corrected chi connectivity index (χ1v) is 9.83. The van der Waals surface area contributed by atoms with Crippen molar-refractivity contribution < 1.29 is 22.8 Å². The van der Waals surface area contributed by atoms with Gasteiger partial charge in [0.15, 0.2) is 0 Å². The van der Waals surface area contributed by atoms with Crippen molar-refractivity contribution in [2.24, 2.45) is 0 Å². The molecular weight excluding hydrogens is 433 g/mol. The van der Waals surface area contributed by atoms with Crippen LogP contribution in [-0.2, 0) is 6.18 Å². The maximum atomic E-state index is 12.9. The molecule has 0 radical (unpaired) electrons. The number of nitrogens with zero attached hydrogens (tertiary/aromatic N) is 2. The molecule has 0 saturated heterocycles. The lowest BCUT2D eigenvalue weighted by Gasteiger charge is -2.12. The highest BCUT2D eigenvalue weighted by Crippen LogP contribution is 2.30. The molecule has 0 unspecified atom stereocenters. The number of benzene rings is 3. The molecule has 0 fully saturated rings. The number of carbonyl (C=O) groups excluding carboxylic acids is 2. The Bertz CT molecular complexity index is 1370. The Morgan fingerprint density at radius 1 is 0.848 bits per heavy atom. The Hall–Kier alpha value is -4.27. The average molecular weight is 450 g/mol. The van der Waals surface area contributed by atoms with E-state index in [2.05, 4.69) is 20.6 Å². The van der Waals surface area contributed by atoms with Crippen LogP contribution in [0.15, 0.2) is 72.9 Å². The average Bonchev–Trinajstić information content (AvgIpc) is 2.80. The minimum Gasteiger partial charge on any atom is -0.322 e. The molecule has 0 aliphatic carbocycles. The van der Waals surface area contributed by atoms with E-state index in [4.69, 9.17) is 0 Å². The van der Waals surface area contributed by atoms with Crippen LogP contribution in [0.25, 0.3) is 11.0 Å². The lowest BCUT2D eigenvalue weighted by atomic mass is 10.1. The fourth-order valence-corrected chi connectivity index (χ4v) is 3.13. The largest absolute Gasteiger partial charge is 0.416 e. The van der Waals surface area contributed by atoms with Crippen molar-refractivity contribution in [2.75, 3.05) is 10.6 Å². The monoisotopic (exact) mass is 450 g/mol. The number of hydrogen-bond donors (Lipinski definition) is 2. The van der Waals surface area contributed by atoms with E-state index in [1.807, 2.05) is 6.07 Å². The van der Waals surface area contributed by atoms with E-state index < -0.39 is 23.6 Å². The SMILES string of the molecule is Cc1ccc(NC(=O)c2cccc(C(F)(F)F)c2)cc1NC(=O)c1cnc2ccccc2n1. The fourth-order valence-electron chi connectivity index (χ4n) is 3.13. The zero-order valence-corrected chi connectivity index (χ0v) is 17.3. The predicted molar refractivity (Wildman–Crippen MR) is 118 cm³/mol. The molecule has 166 valence electrons. The van der Waals surface area contributed by atoms with Crippen molar-refractivity contribution in [2.45, 2.75) is 13.1 Å². The lowest BCUT2D eigenvalue weighted by molar-refractivity contribution is -0.137. The van der Waals surface area contributed by atoms with E-state index in [1.54, 1.807) is 37.3 Å². The second-order valence-corrected chi connectivity index (χ2v) is 7.26. The van der Waals surface area contributed by atoms with Gasteiger partial charge in [-0.1, -0.05) is 24.3 Å². The third kappa shape index (κ3) is 4.98. The summed E-state index contributed by atoms with van der Waals surface area (Å²) >= 11 is 0. The number of halogens is 3. The molecule has 0 aliphatic heterocycles. The number of aromatic nitrogens is 2. The molecule has 1 heterocycles. The summed E-state index contributed by atoms with van der Waals surface area (Å²) in [5.74, 6) is -1.19. The molecule has 1 aromatic heterocycles. The number of alkyl halides is 3. The van der Waals surface area contributed by atoms with Crippen LogP contribution >= 0.6 is 0 Å². The highest BCUT2D eigenvalue weighted by atomic mass is 19.4. The smallest absolute Gasteiger partial charge is 0.322 e. The van der Waals surface area contributed by atoms with Gasteiger partial charge >= 0.3 is 6.18 Å². The molecule has 2 N–H and O–H groups in total. The second kappa shape index (κ2) is 8.70. The van der Waals surface area contributed by atoms with Gasteiger partial charge in [0.2, 0.25) is 0 Å². The summed E-state index contributed by atoms with van der Waals surface area (Å²) in [7, 11) is 0. The van der Waals surface area contributed by atoms with Crippen molar-refractivity contribution in [3.8, 4) is 0 Å². The zero-order valence-electron chi connectivity index (χ0n) is 17.3. The summed E-state index contributed by atoms with van der Waals surface area (Å²) in [5.41, 5.74) is 1.74. The van der Waals surface area contributed by atoms with Gasteiger partial charge in [-0.25, -0.2) is 4.98 Å². The zero-order chi connectivity index (χ0) is 23.6. The van der Waals surface area contributed by atoms with Crippen LogP contribution in [0.2, 0.25) is 0 Å². The third-order valence-electron chi connectivity index (χ3n) is 4.88. The molecule has 0 atom stereocenters. The molecule has 4 aromatic rings. The van der Waals surface area contributed by atoms with Crippen LogP contribution < -0.4 is 10.6 Å². The molecule has 2 amide bonds. The molecular formula is C24H17F3N4O2. The van der Waals surface area contributed by atoms with Crippen LogP contribution in [0, 0.1) is 6.92 Å². The Labute approximate surface area is 186 Å². The predicted octanol–water partition coefficient (Wildman–Crippen LogP) is 5.46. The third-order valence-corrected chi connectivity index (χ3v) is 4.88. The van der Waals surface area contributed by atoms with E-state index in [-0.39, 0.29) is 11.3 Å². The first-order valence-electron chi connectivity index (χ1n) is 9.83. The molecule has 9 heteroatoms. The maximum absolute atomic E-state index is 12.9. The number of carbonyl (C=O) groups is 2. The molecule has 4 rings (SSSR count). The van der Waals surface area contributed by atoms with Crippen LogP contribution in [0.5, 0.6) is 0 Å². The standard InChI is InChI=1S/C24H17F3N4O2/c1-14-9-10-17(29-22(32)15-5-4-6-16(11-15)24(25,26)27)12-20(14)31-23(33)21-13-28-18-7-2-3-8-19(18)30-21/h2-13H,1H3,(H,29,32)(H,31,33). The number of para-hydroxylation sites is 2. The highest BCUT2D eigenvalue weighted by Gasteiger charge is 2.30. The molecule has 0 spiro atoms. The van der Waals surface area contributed by atoms with Crippen LogP contribution in [0.4, 0.5) is 24.5 Å². The number of fused-ring (bicyclic) bond motifs is 1. The minimum atomic E-state index is -4.55. The van der Waals surface area contributed by atoms with Crippen molar-refractivity contribution in [3.63, 3.8) is 0 Å². The molecule has 0 aliphatic rings. The lowest BCUT2D eigenvalue weighted by Crippen LogP contribution is -2.16. The Kier molecular flexibility index (Phi) is 5.78. The van der Waals surface area contributed by atoms with Gasteiger partial charge in [0.1, 0.15) is 5.69 Å². The summed E-state index contributed by atoms with van der Waals surface area (Å²) in [5, 5.41) is 5.29. The second-order valence-electron chi connectivity index (χ2n) is 7.26. The Morgan fingerprint density at radius 3 is 2.36 bits per heavy atom. The number of aryl methyl sites for hydroxylation is 1. The fraction of sp³-hybridized carbons (Fsp3) is 0.0833. The topological polar surface area (TPSA) is 84.0 Å². The minimum absolute atomic E-state index is 0.117. The van der Waals surface area contributed by atoms with E-state index in [0.29, 0.717) is 28.0 Å². The summed E-state index contributed by atoms with van der Waals surface area (Å²) in [6.07, 6.45) is -3.18. The summed E-state index contributed by atoms with van der Waals surface area (Å²) in [6, 6.07) is 16.1. The highest BCUT2D eigenvalue weighted by molar-refractivity contribution is 6.06. The van der Waals surface area contributed by atoms with Gasteiger partial charge in [-0.2, -0.15) is 13.2 Å². The van der Waals surface area contributed by atoms with Crippen molar-refractivity contribution in [1.29, 1.82) is 0 Å². The van der Waals surface area contributed by atoms with E-state index in [0.717, 1.165) is 12.1 Å². The number of nitrogens with one attached hydrogen (secondary N) is 2. The van der Waals surface area contributed by atoms with E-state index in [1.165, 1.54) is 24.4 Å². The molecule has 6 nitrogen and oxygen atoms in total. The Balaban J connectivity index is 1.53. The number of rotatable bonds is 4. The van der Waals surface area contributed by atoms with Gasteiger partial charge in [0, 0.05) is 16.9 Å². The number of hydrogen-bond acceptors (Lipinski definition) is 4. The van der Waals surface area contributed by atoms with Gasteiger partial charge in [-0.15, -0.1) is 0 Å². The Morgan fingerprint density at radius 2 is 1.61 bits per heavy atom. The quantitative estimate of drug-likeness (QED) is 0.432. The van der Waals surface area contributed by atoms with Gasteiger partial charge < -0.3 is 10.6 Å². The first kappa shape index (κ1) is 21.9. The van der Waals surface area contributed by atoms with Crippen molar-refractivity contribution in [1.82, 2.24) is 9.97 Å². The molecule has 0 saturated carbocycles. The molecule has 0 bridgehead atoms. The van der Waals surface area contributed by atoms with Crippen LogP contribution in [0.3, 0.4) is 0 Å². The summed E-state index contributed by atoms with van der Waals surface area (Å²) in [4.78, 5) is 33.7. The van der Waals surface area contributed by atoms with Gasteiger partial charge in [0.25, 0.3) is 11.8 Å². The van der Waals surface area contributed by atoms with Crippen LogP contribution in [-0.4, -0.2) is 21.8 Å². The van der Waals surface area contributed by atoms with Crippen molar-refractivity contribution in [3.05, 3.63) is 95.3 Å². The van der Waals surface area contributed by atoms with Gasteiger partial charge in [0.05, 0.1) is 22.8 Å². The number of anilines is 2. The molecule has 33 heavy (non-hydrogen) atoms. The first-order chi connectivity index (χ1) is 15.7. The van der Waals surface area contributed by atoms with E-state index >= 15 is 0 Å². The summed E-state index contributed by atoms with van der Waals surface area (Å²) < 4.78 is 38.8. The maximum Gasteiger partial charge on any atom is 0.416 e. The number of amides is 2. The van der Waals surface area contributed by atoms with E-state index in [9.17, 15) is 22.8 Å². The normalized spacial score (nSPS) is 11.3. The van der Waals surface area contributed by atoms with Gasteiger partial charge in [-0.05, 0) is 55.0 Å².